The van der Waals surface area contributed by atoms with Gasteiger partial charge in [0.05, 0.1) is 29.4 Å². The van der Waals surface area contributed by atoms with Gasteiger partial charge in [-0.3, -0.25) is 14.4 Å². The molecule has 7 nitrogen and oxygen atoms in total. The number of carbonyl (C=O) groups excluding carboxylic acids is 3. The van der Waals surface area contributed by atoms with Gasteiger partial charge in [0.25, 0.3) is 5.91 Å². The number of nitrogens with one attached hydrogen (secondary N) is 1. The van der Waals surface area contributed by atoms with Crippen molar-refractivity contribution in [3.8, 4) is 0 Å². The lowest BCUT2D eigenvalue weighted by Crippen LogP contribution is -2.28. The number of ether oxygens (including phenoxy) is 1. The Balaban J connectivity index is 1.48. The second-order valence-electron chi connectivity index (χ2n) is 6.03. The Hall–Kier alpha value is -2.51. The first kappa shape index (κ1) is 19.3. The summed E-state index contributed by atoms with van der Waals surface area (Å²) >= 11 is 11.8. The molecule has 27 heavy (non-hydrogen) atoms. The lowest BCUT2D eigenvalue weighted by Gasteiger charge is -2.14. The number of nitrogens with zero attached hydrogens (tertiary/aromatic N) is 1. The molecule has 0 spiro atoms. The first-order valence-electron chi connectivity index (χ1n) is 8.14. The van der Waals surface area contributed by atoms with Crippen LogP contribution in [0, 0.1) is 5.92 Å². The number of hydrogen-bond acceptors (Lipinski definition) is 5. The Morgan fingerprint density at radius 2 is 2.11 bits per heavy atom. The number of anilines is 1. The number of benzene rings is 1. The van der Waals surface area contributed by atoms with Gasteiger partial charge in [-0.1, -0.05) is 23.2 Å². The molecule has 1 aliphatic rings. The average molecular weight is 411 g/mol. The Kier molecular flexibility index (Phi) is 6.03. The van der Waals surface area contributed by atoms with Crippen LogP contribution in [0.4, 0.5) is 5.69 Å². The normalized spacial score (nSPS) is 16.4. The Bertz CT molecular complexity index is 853. The van der Waals surface area contributed by atoms with E-state index in [2.05, 4.69) is 5.32 Å². The number of furan rings is 1. The molecule has 1 aliphatic heterocycles. The summed E-state index contributed by atoms with van der Waals surface area (Å²) in [5.74, 6) is -1.30. The molecule has 1 aromatic heterocycles. The van der Waals surface area contributed by atoms with Crippen LogP contribution in [0.15, 0.2) is 41.0 Å². The molecule has 2 heterocycles. The fourth-order valence-corrected chi connectivity index (χ4v) is 3.04. The highest BCUT2D eigenvalue weighted by atomic mass is 35.5. The van der Waals surface area contributed by atoms with E-state index >= 15 is 0 Å². The summed E-state index contributed by atoms with van der Waals surface area (Å²) in [6.07, 6.45) is 1.56. The van der Waals surface area contributed by atoms with Crippen molar-refractivity contribution in [1.29, 1.82) is 0 Å². The third kappa shape index (κ3) is 5.02. The maximum absolute atomic E-state index is 12.2. The Labute approximate surface area is 165 Å². The molecule has 0 radical (unpaired) electrons. The maximum Gasteiger partial charge on any atom is 0.311 e. The number of rotatable bonds is 6. The minimum absolute atomic E-state index is 0.0429. The monoisotopic (exact) mass is 410 g/mol. The number of carbonyl (C=O) groups is 3. The van der Waals surface area contributed by atoms with E-state index in [1.807, 2.05) is 0 Å². The van der Waals surface area contributed by atoms with E-state index in [1.54, 1.807) is 24.3 Å². The van der Waals surface area contributed by atoms with Crippen LogP contribution in [0.25, 0.3) is 0 Å². The van der Waals surface area contributed by atoms with Crippen LogP contribution in [0.2, 0.25) is 10.0 Å². The fraction of sp³-hybridized carbons (Fsp3) is 0.278. The third-order valence-corrected chi connectivity index (χ3v) is 4.59. The molecule has 1 atom stereocenters. The zero-order chi connectivity index (χ0) is 19.4. The van der Waals surface area contributed by atoms with Crippen molar-refractivity contribution >= 4 is 46.7 Å². The summed E-state index contributed by atoms with van der Waals surface area (Å²) in [7, 11) is 0. The summed E-state index contributed by atoms with van der Waals surface area (Å²) in [4.78, 5) is 37.7. The standard InChI is InChI=1S/C18H16Cl2N2O5/c19-12-3-4-14(20)15(7-12)21-16(23)10-27-18(25)11-6-17(24)22(8-11)9-13-2-1-5-26-13/h1-5,7,11H,6,8-10H2,(H,21,23)/t11-/m0/s1. The molecule has 0 unspecified atom stereocenters. The van der Waals surface area contributed by atoms with E-state index in [0.29, 0.717) is 28.0 Å². The zero-order valence-corrected chi connectivity index (χ0v) is 15.6. The number of amides is 2. The SMILES string of the molecule is O=C(COC(=O)[C@H]1CC(=O)N(Cc2ccco2)C1)Nc1cc(Cl)ccc1Cl. The minimum Gasteiger partial charge on any atom is -0.467 e. The Morgan fingerprint density at radius 3 is 2.85 bits per heavy atom. The second-order valence-corrected chi connectivity index (χ2v) is 6.88. The zero-order valence-electron chi connectivity index (χ0n) is 14.1. The highest BCUT2D eigenvalue weighted by molar-refractivity contribution is 6.35. The van der Waals surface area contributed by atoms with Crippen molar-refractivity contribution in [2.75, 3.05) is 18.5 Å². The van der Waals surface area contributed by atoms with E-state index in [4.69, 9.17) is 32.4 Å². The molecule has 142 valence electrons. The van der Waals surface area contributed by atoms with E-state index in [9.17, 15) is 14.4 Å². The molecule has 9 heteroatoms. The summed E-state index contributed by atoms with van der Waals surface area (Å²) in [6.45, 7) is 0.0357. The number of likely N-dealkylation sites (tertiary alicyclic amines) is 1. The van der Waals surface area contributed by atoms with Crippen molar-refractivity contribution in [3.05, 3.63) is 52.4 Å². The van der Waals surface area contributed by atoms with Crippen LogP contribution in [-0.4, -0.2) is 35.8 Å². The Morgan fingerprint density at radius 1 is 1.30 bits per heavy atom. The molecule has 1 N–H and O–H groups in total. The maximum atomic E-state index is 12.2. The largest absolute Gasteiger partial charge is 0.467 e. The molecular formula is C18H16Cl2N2O5. The van der Waals surface area contributed by atoms with Gasteiger partial charge in [0.1, 0.15) is 5.76 Å². The summed E-state index contributed by atoms with van der Waals surface area (Å²) in [6, 6.07) is 8.11. The van der Waals surface area contributed by atoms with Crippen LogP contribution in [0.1, 0.15) is 12.2 Å². The van der Waals surface area contributed by atoms with Gasteiger partial charge in [-0.05, 0) is 30.3 Å². The van der Waals surface area contributed by atoms with Crippen LogP contribution >= 0.6 is 23.2 Å². The third-order valence-electron chi connectivity index (χ3n) is 4.02. The van der Waals surface area contributed by atoms with Crippen molar-refractivity contribution in [2.24, 2.45) is 5.92 Å². The van der Waals surface area contributed by atoms with E-state index in [0.717, 1.165) is 0 Å². The van der Waals surface area contributed by atoms with E-state index < -0.39 is 24.4 Å². The van der Waals surface area contributed by atoms with Gasteiger partial charge in [-0.2, -0.15) is 0 Å². The fourth-order valence-electron chi connectivity index (χ4n) is 2.71. The van der Waals surface area contributed by atoms with Crippen LogP contribution in [0.5, 0.6) is 0 Å². The van der Waals surface area contributed by atoms with Crippen LogP contribution < -0.4 is 5.32 Å². The predicted molar refractivity (Wildman–Crippen MR) is 98.3 cm³/mol. The molecule has 3 rings (SSSR count). The molecule has 0 bridgehead atoms. The van der Waals surface area contributed by atoms with Crippen molar-refractivity contribution in [3.63, 3.8) is 0 Å². The van der Waals surface area contributed by atoms with Gasteiger partial charge in [0.2, 0.25) is 5.91 Å². The first-order chi connectivity index (χ1) is 12.9. The number of halogens is 2. The first-order valence-corrected chi connectivity index (χ1v) is 8.89. The molecule has 2 amide bonds. The quantitative estimate of drug-likeness (QED) is 0.738. The summed E-state index contributed by atoms with van der Waals surface area (Å²) in [5.41, 5.74) is 0.325. The molecule has 1 fully saturated rings. The number of hydrogen-bond donors (Lipinski definition) is 1. The predicted octanol–water partition coefficient (Wildman–Crippen LogP) is 3.12. The second kappa shape index (κ2) is 8.45. The molecule has 0 saturated carbocycles. The highest BCUT2D eigenvalue weighted by Crippen LogP contribution is 2.25. The van der Waals surface area contributed by atoms with Gasteiger partial charge < -0.3 is 19.4 Å². The highest BCUT2D eigenvalue weighted by Gasteiger charge is 2.35. The lowest BCUT2D eigenvalue weighted by atomic mass is 10.1. The molecule has 1 saturated heterocycles. The van der Waals surface area contributed by atoms with Crippen LogP contribution in [0.3, 0.4) is 0 Å². The van der Waals surface area contributed by atoms with Gasteiger partial charge in [0.15, 0.2) is 6.61 Å². The van der Waals surface area contributed by atoms with Gasteiger partial charge in [-0.25, -0.2) is 0 Å². The average Bonchev–Trinajstić information content (AvgIpc) is 3.27. The molecule has 1 aromatic carbocycles. The van der Waals surface area contributed by atoms with Gasteiger partial charge in [-0.15, -0.1) is 0 Å². The summed E-state index contributed by atoms with van der Waals surface area (Å²) in [5, 5.41) is 3.25. The van der Waals surface area contributed by atoms with Crippen molar-refractivity contribution in [2.45, 2.75) is 13.0 Å². The minimum atomic E-state index is -0.616. The van der Waals surface area contributed by atoms with Gasteiger partial charge in [0, 0.05) is 18.0 Å². The topological polar surface area (TPSA) is 88.9 Å². The van der Waals surface area contributed by atoms with Gasteiger partial charge >= 0.3 is 5.97 Å². The molecular weight excluding hydrogens is 395 g/mol. The van der Waals surface area contributed by atoms with E-state index in [-0.39, 0.29) is 18.9 Å². The molecule has 0 aliphatic carbocycles. The van der Waals surface area contributed by atoms with E-state index in [1.165, 1.54) is 17.2 Å². The molecule has 2 aromatic rings. The number of esters is 1. The van der Waals surface area contributed by atoms with Crippen molar-refractivity contribution in [1.82, 2.24) is 4.90 Å². The van der Waals surface area contributed by atoms with Crippen LogP contribution in [-0.2, 0) is 25.7 Å². The lowest BCUT2D eigenvalue weighted by molar-refractivity contribution is -0.151. The summed E-state index contributed by atoms with van der Waals surface area (Å²) < 4.78 is 10.2. The van der Waals surface area contributed by atoms with Crippen molar-refractivity contribution < 1.29 is 23.5 Å². The smallest absolute Gasteiger partial charge is 0.311 e.